The molecule has 0 N–H and O–H groups in total. The standard InChI is InChI=1S/C23H24N2O/c1-2-3-4-8-16-25-22(24-15-9-7-12-21(24)23(25)26)20-14-13-18-10-5-6-11-19(18)17-20/h5-7,9-15,17H,2-4,8,16H2,1H3. The van der Waals surface area contributed by atoms with E-state index in [0.29, 0.717) is 0 Å². The van der Waals surface area contributed by atoms with Crippen LogP contribution in [-0.2, 0) is 6.54 Å². The maximum Gasteiger partial charge on any atom is 0.293 e. The predicted octanol–water partition coefficient (Wildman–Crippen LogP) is 4.70. The molecule has 0 amide bonds. The Bertz CT molecular complexity index is 1050. The second-order valence-electron chi connectivity index (χ2n) is 6.86. The first kappa shape index (κ1) is 16.6. The van der Waals surface area contributed by atoms with Gasteiger partial charge >= 0.3 is 0 Å². The molecule has 0 radical (unpaired) electrons. The van der Waals surface area contributed by atoms with Gasteiger partial charge in [0.2, 0.25) is 0 Å². The lowest BCUT2D eigenvalue weighted by Gasteiger charge is -2.08. The minimum absolute atomic E-state index is 0.102. The highest BCUT2D eigenvalue weighted by Gasteiger charge is 2.22. The van der Waals surface area contributed by atoms with Crippen LogP contribution in [0.2, 0.25) is 0 Å². The zero-order valence-corrected chi connectivity index (χ0v) is 15.2. The second kappa shape index (κ2) is 7.20. The van der Waals surface area contributed by atoms with E-state index >= 15 is 0 Å². The van der Waals surface area contributed by atoms with Crippen molar-refractivity contribution in [2.75, 3.05) is 0 Å². The zero-order chi connectivity index (χ0) is 17.9. The number of unbranched alkanes of at least 4 members (excludes halogenated alkanes) is 3. The van der Waals surface area contributed by atoms with Crippen LogP contribution in [0.1, 0.15) is 32.6 Å². The fourth-order valence-corrected chi connectivity index (χ4v) is 3.69. The first-order chi connectivity index (χ1) is 12.8. The molecule has 4 aromatic rings. The van der Waals surface area contributed by atoms with Crippen LogP contribution in [0.5, 0.6) is 5.88 Å². The molecule has 2 aromatic carbocycles. The molecular formula is C23H24N2O. The van der Waals surface area contributed by atoms with Crippen LogP contribution in [0.25, 0.3) is 27.7 Å². The summed E-state index contributed by atoms with van der Waals surface area (Å²) in [5, 5.41) is 15.4. The maximum atomic E-state index is 13.0. The molecule has 0 aliphatic heterocycles. The third-order valence-electron chi connectivity index (χ3n) is 5.05. The predicted molar refractivity (Wildman–Crippen MR) is 104 cm³/mol. The highest BCUT2D eigenvalue weighted by atomic mass is 16.3. The van der Waals surface area contributed by atoms with E-state index in [1.165, 1.54) is 23.6 Å². The molecule has 26 heavy (non-hydrogen) atoms. The molecule has 0 aliphatic carbocycles. The molecule has 0 unspecified atom stereocenters. The van der Waals surface area contributed by atoms with Crippen LogP contribution in [0.4, 0.5) is 0 Å². The highest BCUT2D eigenvalue weighted by molar-refractivity contribution is 5.86. The topological polar surface area (TPSA) is 31.3 Å². The lowest BCUT2D eigenvalue weighted by Crippen LogP contribution is -2.37. The van der Waals surface area contributed by atoms with Gasteiger partial charge in [-0.2, -0.15) is 4.40 Å². The van der Waals surface area contributed by atoms with Gasteiger partial charge < -0.3 is 5.11 Å². The summed E-state index contributed by atoms with van der Waals surface area (Å²) in [4.78, 5) is 0. The highest BCUT2D eigenvalue weighted by Crippen LogP contribution is 2.26. The molecule has 4 rings (SSSR count). The van der Waals surface area contributed by atoms with Gasteiger partial charge in [0, 0.05) is 0 Å². The van der Waals surface area contributed by atoms with Crippen LogP contribution >= 0.6 is 0 Å². The average molecular weight is 344 g/mol. The van der Waals surface area contributed by atoms with Gasteiger partial charge in [0.05, 0.1) is 18.3 Å². The molecule has 0 saturated carbocycles. The number of rotatable bonds is 6. The molecule has 2 heterocycles. The quantitative estimate of drug-likeness (QED) is 0.368. The van der Waals surface area contributed by atoms with E-state index in [9.17, 15) is 5.11 Å². The maximum absolute atomic E-state index is 13.0. The van der Waals surface area contributed by atoms with Crippen molar-refractivity contribution in [1.29, 1.82) is 0 Å². The molecule has 3 heteroatoms. The van der Waals surface area contributed by atoms with Gasteiger partial charge in [-0.05, 0) is 47.9 Å². The van der Waals surface area contributed by atoms with Crippen LogP contribution in [-0.4, -0.2) is 4.40 Å². The van der Waals surface area contributed by atoms with Crippen molar-refractivity contribution in [3.05, 3.63) is 66.9 Å². The Morgan fingerprint density at radius 2 is 1.69 bits per heavy atom. The average Bonchev–Trinajstić information content (AvgIpc) is 2.97. The zero-order valence-electron chi connectivity index (χ0n) is 15.2. The van der Waals surface area contributed by atoms with E-state index < -0.39 is 0 Å². The first-order valence-corrected chi connectivity index (χ1v) is 9.48. The largest absolute Gasteiger partial charge is 0.839 e. The number of aromatic nitrogens is 2. The Morgan fingerprint density at radius 3 is 2.54 bits per heavy atom. The van der Waals surface area contributed by atoms with Crippen molar-refractivity contribution in [1.82, 2.24) is 4.40 Å². The minimum Gasteiger partial charge on any atom is -0.839 e. The van der Waals surface area contributed by atoms with Gasteiger partial charge in [0.15, 0.2) is 5.52 Å². The van der Waals surface area contributed by atoms with Gasteiger partial charge in [0.25, 0.3) is 5.82 Å². The Balaban J connectivity index is 1.85. The number of imidazole rings is 1. The minimum atomic E-state index is 0.102. The number of benzene rings is 2. The summed E-state index contributed by atoms with van der Waals surface area (Å²) in [6.45, 7) is 2.97. The van der Waals surface area contributed by atoms with Crippen molar-refractivity contribution in [3.63, 3.8) is 0 Å². The summed E-state index contributed by atoms with van der Waals surface area (Å²) in [6, 6.07) is 20.6. The van der Waals surface area contributed by atoms with E-state index in [4.69, 9.17) is 0 Å². The smallest absolute Gasteiger partial charge is 0.293 e. The van der Waals surface area contributed by atoms with E-state index in [-0.39, 0.29) is 5.88 Å². The molecule has 3 nitrogen and oxygen atoms in total. The van der Waals surface area contributed by atoms with Crippen LogP contribution in [0.3, 0.4) is 0 Å². The van der Waals surface area contributed by atoms with Crippen LogP contribution in [0.15, 0.2) is 66.9 Å². The van der Waals surface area contributed by atoms with E-state index in [1.54, 1.807) is 0 Å². The molecular weight excluding hydrogens is 320 g/mol. The van der Waals surface area contributed by atoms with Crippen molar-refractivity contribution in [2.45, 2.75) is 39.2 Å². The van der Waals surface area contributed by atoms with Gasteiger partial charge in [0.1, 0.15) is 5.88 Å². The summed E-state index contributed by atoms with van der Waals surface area (Å²) in [5.41, 5.74) is 1.83. The summed E-state index contributed by atoms with van der Waals surface area (Å²) >= 11 is 0. The molecule has 132 valence electrons. The van der Waals surface area contributed by atoms with Gasteiger partial charge in [-0.25, -0.2) is 4.57 Å². The lowest BCUT2D eigenvalue weighted by atomic mass is 10.1. The molecule has 0 saturated heterocycles. The Labute approximate surface area is 154 Å². The fourth-order valence-electron chi connectivity index (χ4n) is 3.69. The molecule has 0 spiro atoms. The lowest BCUT2D eigenvalue weighted by molar-refractivity contribution is -0.723. The molecule has 0 fully saturated rings. The number of nitrogens with zero attached hydrogens (tertiary/aromatic N) is 2. The van der Waals surface area contributed by atoms with E-state index in [2.05, 4.69) is 49.4 Å². The molecule has 0 atom stereocenters. The summed E-state index contributed by atoms with van der Waals surface area (Å²) in [5.74, 6) is 1.08. The van der Waals surface area contributed by atoms with Gasteiger partial charge in [-0.15, -0.1) is 0 Å². The van der Waals surface area contributed by atoms with Crippen molar-refractivity contribution >= 4 is 16.3 Å². The van der Waals surface area contributed by atoms with E-state index in [1.807, 2.05) is 33.4 Å². The monoisotopic (exact) mass is 344 g/mol. The molecule has 0 aliphatic rings. The third-order valence-corrected chi connectivity index (χ3v) is 5.05. The van der Waals surface area contributed by atoms with E-state index in [0.717, 1.165) is 36.3 Å². The Hall–Kier alpha value is -2.81. The summed E-state index contributed by atoms with van der Waals surface area (Å²) in [7, 11) is 0. The summed E-state index contributed by atoms with van der Waals surface area (Å²) in [6.07, 6.45) is 6.60. The third kappa shape index (κ3) is 2.94. The van der Waals surface area contributed by atoms with Crippen molar-refractivity contribution in [2.24, 2.45) is 0 Å². The van der Waals surface area contributed by atoms with Crippen LogP contribution in [0, 0.1) is 0 Å². The Morgan fingerprint density at radius 1 is 0.885 bits per heavy atom. The van der Waals surface area contributed by atoms with Gasteiger partial charge in [-0.3, -0.25) is 0 Å². The number of hydrogen-bond donors (Lipinski definition) is 0. The molecule has 0 bridgehead atoms. The number of hydrogen-bond acceptors (Lipinski definition) is 1. The van der Waals surface area contributed by atoms with Crippen LogP contribution < -0.4 is 9.67 Å². The SMILES string of the molecule is CCCCCC[n+]1c([O-])c2ccccn2c1-c1ccc2ccccc2c1. The van der Waals surface area contributed by atoms with Gasteiger partial charge in [-0.1, -0.05) is 56.2 Å². The first-order valence-electron chi connectivity index (χ1n) is 9.48. The Kier molecular flexibility index (Phi) is 4.61. The molecule has 2 aromatic heterocycles. The normalized spacial score (nSPS) is 11.4. The second-order valence-corrected chi connectivity index (χ2v) is 6.86. The fraction of sp³-hybridized carbons (Fsp3) is 0.261. The number of fused-ring (bicyclic) bond motifs is 2. The number of pyridine rings is 1. The van der Waals surface area contributed by atoms with Crippen molar-refractivity contribution in [3.8, 4) is 17.3 Å². The summed E-state index contributed by atoms with van der Waals surface area (Å²) < 4.78 is 3.99. The van der Waals surface area contributed by atoms with Crippen molar-refractivity contribution < 1.29 is 9.67 Å².